The van der Waals surface area contributed by atoms with Crippen LogP contribution in [0.5, 0.6) is 5.75 Å². The molecule has 10 heteroatoms. The number of benzene rings is 1. The summed E-state index contributed by atoms with van der Waals surface area (Å²) in [6.07, 6.45) is 3.25. The van der Waals surface area contributed by atoms with E-state index in [9.17, 15) is 18.0 Å². The Kier molecular flexibility index (Phi) is 7.45. The number of rotatable bonds is 12. The first-order chi connectivity index (χ1) is 13.9. The normalized spacial score (nSPS) is 17.3. The Hall–Kier alpha value is -2.17. The molecule has 0 atom stereocenters. The molecule has 160 valence electrons. The summed E-state index contributed by atoms with van der Waals surface area (Å²) in [7, 11) is -3.63. The highest BCUT2D eigenvalue weighted by Gasteiger charge is 2.23. The fourth-order valence-electron chi connectivity index (χ4n) is 2.83. The van der Waals surface area contributed by atoms with Crippen LogP contribution in [0.4, 0.5) is 4.79 Å². The molecule has 0 unspecified atom stereocenters. The third-order valence-electron chi connectivity index (χ3n) is 4.70. The molecule has 2 fully saturated rings. The fourth-order valence-corrected chi connectivity index (χ4v) is 3.88. The average Bonchev–Trinajstić information content (AvgIpc) is 3.52. The van der Waals surface area contributed by atoms with Crippen molar-refractivity contribution in [2.24, 2.45) is 5.92 Å². The van der Waals surface area contributed by atoms with E-state index in [4.69, 9.17) is 9.47 Å². The SMILES string of the molecule is O=C1CCN(CCCOCCNS(=O)(=O)c2cccc(OCC3CC3)c2)C(=O)N1. The Morgan fingerprint density at radius 2 is 2.03 bits per heavy atom. The molecule has 0 bridgehead atoms. The summed E-state index contributed by atoms with van der Waals surface area (Å²) >= 11 is 0. The van der Waals surface area contributed by atoms with Gasteiger partial charge in [-0.05, 0) is 37.3 Å². The summed E-state index contributed by atoms with van der Waals surface area (Å²) < 4.78 is 38.4. The molecular formula is C19H27N3O6S. The Bertz CT molecular complexity index is 825. The molecule has 0 radical (unpaired) electrons. The van der Waals surface area contributed by atoms with E-state index in [0.717, 1.165) is 0 Å². The van der Waals surface area contributed by atoms with Gasteiger partial charge in [0.2, 0.25) is 15.9 Å². The van der Waals surface area contributed by atoms with E-state index in [0.29, 0.717) is 50.8 Å². The summed E-state index contributed by atoms with van der Waals surface area (Å²) in [6, 6.07) is 6.10. The molecule has 1 aliphatic heterocycles. The van der Waals surface area contributed by atoms with E-state index in [1.54, 1.807) is 17.0 Å². The van der Waals surface area contributed by atoms with Crippen LogP contribution in [0.25, 0.3) is 0 Å². The van der Waals surface area contributed by atoms with Gasteiger partial charge in [0.05, 0.1) is 18.1 Å². The standard InChI is InChI=1S/C19H27N3O6S/c23-18-7-10-22(19(24)21-18)9-2-11-27-12-8-20-29(25,26)17-4-1-3-16(13-17)28-14-15-5-6-15/h1,3-4,13,15,20H,2,5-12,14H2,(H,21,23,24). The van der Waals surface area contributed by atoms with E-state index in [1.165, 1.54) is 25.0 Å². The quantitative estimate of drug-likeness (QED) is 0.485. The topological polar surface area (TPSA) is 114 Å². The van der Waals surface area contributed by atoms with Crippen molar-refractivity contribution in [1.29, 1.82) is 0 Å². The number of urea groups is 1. The van der Waals surface area contributed by atoms with Crippen LogP contribution in [-0.4, -0.2) is 64.7 Å². The lowest BCUT2D eigenvalue weighted by Crippen LogP contribution is -2.49. The van der Waals surface area contributed by atoms with Crippen molar-refractivity contribution in [3.63, 3.8) is 0 Å². The van der Waals surface area contributed by atoms with Crippen molar-refractivity contribution < 1.29 is 27.5 Å². The van der Waals surface area contributed by atoms with Crippen molar-refractivity contribution in [2.45, 2.75) is 30.6 Å². The number of nitrogens with one attached hydrogen (secondary N) is 2. The van der Waals surface area contributed by atoms with Crippen LogP contribution in [0.3, 0.4) is 0 Å². The molecule has 2 N–H and O–H groups in total. The molecule has 3 rings (SSSR count). The van der Waals surface area contributed by atoms with Crippen molar-refractivity contribution in [1.82, 2.24) is 14.9 Å². The third kappa shape index (κ3) is 6.98. The van der Waals surface area contributed by atoms with Gasteiger partial charge in [0.25, 0.3) is 0 Å². The number of hydrogen-bond donors (Lipinski definition) is 2. The molecule has 0 aromatic heterocycles. The van der Waals surface area contributed by atoms with Gasteiger partial charge >= 0.3 is 6.03 Å². The molecule has 1 saturated carbocycles. The molecule has 1 aromatic carbocycles. The van der Waals surface area contributed by atoms with Crippen LogP contribution < -0.4 is 14.8 Å². The second-order valence-corrected chi connectivity index (χ2v) is 8.95. The number of carbonyl (C=O) groups is 2. The largest absolute Gasteiger partial charge is 0.493 e. The molecule has 1 saturated heterocycles. The van der Waals surface area contributed by atoms with E-state index < -0.39 is 10.0 Å². The number of amides is 3. The molecule has 0 spiro atoms. The number of carbonyl (C=O) groups excluding carboxylic acids is 2. The number of sulfonamides is 1. The minimum absolute atomic E-state index is 0.147. The molecule has 1 aliphatic carbocycles. The van der Waals surface area contributed by atoms with Gasteiger partial charge < -0.3 is 14.4 Å². The molecule has 2 aliphatic rings. The summed E-state index contributed by atoms with van der Waals surface area (Å²) in [5, 5.41) is 2.26. The predicted molar refractivity (Wildman–Crippen MR) is 105 cm³/mol. The smallest absolute Gasteiger partial charge is 0.324 e. The highest BCUT2D eigenvalue weighted by molar-refractivity contribution is 7.89. The highest BCUT2D eigenvalue weighted by Crippen LogP contribution is 2.29. The number of nitrogens with zero attached hydrogens (tertiary/aromatic N) is 1. The minimum atomic E-state index is -3.63. The lowest BCUT2D eigenvalue weighted by Gasteiger charge is -2.26. The van der Waals surface area contributed by atoms with Gasteiger partial charge in [-0.25, -0.2) is 17.9 Å². The van der Waals surface area contributed by atoms with E-state index in [2.05, 4.69) is 10.0 Å². The van der Waals surface area contributed by atoms with Crippen LogP contribution in [0.1, 0.15) is 25.7 Å². The van der Waals surface area contributed by atoms with Crippen molar-refractivity contribution in [3.8, 4) is 5.75 Å². The van der Waals surface area contributed by atoms with Crippen molar-refractivity contribution in [3.05, 3.63) is 24.3 Å². The molecule has 9 nitrogen and oxygen atoms in total. The summed E-state index contributed by atoms with van der Waals surface area (Å²) in [5.41, 5.74) is 0. The molecule has 3 amide bonds. The van der Waals surface area contributed by atoms with Crippen LogP contribution >= 0.6 is 0 Å². The summed E-state index contributed by atoms with van der Waals surface area (Å²) in [4.78, 5) is 24.4. The lowest BCUT2D eigenvalue weighted by molar-refractivity contribution is -0.121. The van der Waals surface area contributed by atoms with E-state index in [-0.39, 0.29) is 30.0 Å². The maximum Gasteiger partial charge on any atom is 0.324 e. The van der Waals surface area contributed by atoms with Gasteiger partial charge in [-0.1, -0.05) is 6.07 Å². The van der Waals surface area contributed by atoms with E-state index in [1.807, 2.05) is 0 Å². The number of imide groups is 1. The second-order valence-electron chi connectivity index (χ2n) is 7.18. The van der Waals surface area contributed by atoms with Crippen LogP contribution in [-0.2, 0) is 19.6 Å². The van der Waals surface area contributed by atoms with Gasteiger partial charge in [-0.3, -0.25) is 10.1 Å². The maximum atomic E-state index is 12.4. The first-order valence-corrected chi connectivity index (χ1v) is 11.3. The van der Waals surface area contributed by atoms with Gasteiger partial charge in [0.1, 0.15) is 5.75 Å². The molecule has 29 heavy (non-hydrogen) atoms. The number of hydrogen-bond acceptors (Lipinski definition) is 6. The lowest BCUT2D eigenvalue weighted by atomic mass is 10.3. The van der Waals surface area contributed by atoms with Gasteiger partial charge in [-0.15, -0.1) is 0 Å². The Labute approximate surface area is 170 Å². The summed E-state index contributed by atoms with van der Waals surface area (Å²) in [6.45, 7) is 2.28. The molecule has 1 heterocycles. The van der Waals surface area contributed by atoms with Gasteiger partial charge in [0, 0.05) is 38.7 Å². The van der Waals surface area contributed by atoms with Gasteiger partial charge in [-0.2, -0.15) is 0 Å². The van der Waals surface area contributed by atoms with Crippen LogP contribution in [0, 0.1) is 5.92 Å². The average molecular weight is 426 g/mol. The highest BCUT2D eigenvalue weighted by atomic mass is 32.2. The van der Waals surface area contributed by atoms with E-state index >= 15 is 0 Å². The molecule has 1 aromatic rings. The van der Waals surface area contributed by atoms with Crippen LogP contribution in [0.2, 0.25) is 0 Å². The van der Waals surface area contributed by atoms with Crippen molar-refractivity contribution >= 4 is 22.0 Å². The second kappa shape index (κ2) is 10.0. The Balaban J connectivity index is 1.31. The third-order valence-corrected chi connectivity index (χ3v) is 6.15. The summed E-state index contributed by atoms with van der Waals surface area (Å²) in [5.74, 6) is 0.895. The zero-order valence-corrected chi connectivity index (χ0v) is 17.1. The fraction of sp³-hybridized carbons (Fsp3) is 0.579. The first-order valence-electron chi connectivity index (χ1n) is 9.83. The zero-order chi connectivity index (χ0) is 20.7. The maximum absolute atomic E-state index is 12.4. The number of ether oxygens (including phenoxy) is 2. The van der Waals surface area contributed by atoms with Crippen LogP contribution in [0.15, 0.2) is 29.2 Å². The molecular weight excluding hydrogens is 398 g/mol. The first kappa shape index (κ1) is 21.5. The Morgan fingerprint density at radius 1 is 1.21 bits per heavy atom. The van der Waals surface area contributed by atoms with Crippen molar-refractivity contribution in [2.75, 3.05) is 39.5 Å². The Morgan fingerprint density at radius 3 is 2.79 bits per heavy atom. The monoisotopic (exact) mass is 425 g/mol. The minimum Gasteiger partial charge on any atom is -0.493 e. The zero-order valence-electron chi connectivity index (χ0n) is 16.3. The predicted octanol–water partition coefficient (Wildman–Crippen LogP) is 1.10. The van der Waals surface area contributed by atoms with Gasteiger partial charge in [0.15, 0.2) is 0 Å².